The van der Waals surface area contributed by atoms with E-state index in [2.05, 4.69) is 9.71 Å². The number of amides is 1. The lowest BCUT2D eigenvalue weighted by atomic mass is 10.1. The van der Waals surface area contributed by atoms with Gasteiger partial charge in [-0.15, -0.1) is 0 Å². The van der Waals surface area contributed by atoms with Crippen LogP contribution in [-0.4, -0.2) is 54.7 Å². The molecule has 230 valence electrons. The van der Waals surface area contributed by atoms with E-state index >= 15 is 0 Å². The molecular formula is C26H29ClF3N3O8S. The summed E-state index contributed by atoms with van der Waals surface area (Å²) in [5.74, 6) is 0.649. The Bertz CT molecular complexity index is 1440. The van der Waals surface area contributed by atoms with Crippen molar-refractivity contribution < 1.29 is 50.1 Å². The first-order valence-electron chi connectivity index (χ1n) is 12.6. The summed E-state index contributed by atoms with van der Waals surface area (Å²) < 4.78 is 88.6. The first-order valence-corrected chi connectivity index (χ1v) is 14.4. The lowest BCUT2D eigenvalue weighted by Crippen LogP contribution is -2.45. The van der Waals surface area contributed by atoms with Crippen molar-refractivity contribution >= 4 is 27.9 Å². The molecule has 0 saturated heterocycles. The summed E-state index contributed by atoms with van der Waals surface area (Å²) in [7, 11) is -4.37. The van der Waals surface area contributed by atoms with Crippen molar-refractivity contribution in [3.05, 3.63) is 70.8 Å². The number of ether oxygens (including phenoxy) is 3. The van der Waals surface area contributed by atoms with E-state index < -0.39 is 39.6 Å². The zero-order valence-electron chi connectivity index (χ0n) is 22.6. The van der Waals surface area contributed by atoms with Crippen LogP contribution < -0.4 is 14.2 Å². The van der Waals surface area contributed by atoms with E-state index in [1.807, 2.05) is 0 Å². The van der Waals surface area contributed by atoms with Gasteiger partial charge in [0.2, 0.25) is 5.88 Å². The predicted octanol–water partition coefficient (Wildman–Crippen LogP) is 5.89. The molecule has 2 aromatic heterocycles. The predicted molar refractivity (Wildman–Crippen MR) is 145 cm³/mol. The van der Waals surface area contributed by atoms with E-state index in [-0.39, 0.29) is 54.6 Å². The van der Waals surface area contributed by atoms with Crippen LogP contribution in [0.5, 0.6) is 17.4 Å². The van der Waals surface area contributed by atoms with Gasteiger partial charge < -0.3 is 23.7 Å². The van der Waals surface area contributed by atoms with Crippen molar-refractivity contribution in [3.8, 4) is 17.4 Å². The fourth-order valence-electron chi connectivity index (χ4n) is 3.51. The van der Waals surface area contributed by atoms with Gasteiger partial charge in [0.25, 0.3) is 0 Å². The van der Waals surface area contributed by atoms with Gasteiger partial charge in [-0.25, -0.2) is 9.78 Å². The molecule has 16 heteroatoms. The quantitative estimate of drug-likeness (QED) is 0.196. The molecule has 0 saturated carbocycles. The molecule has 1 aromatic carbocycles. The fraction of sp³-hybridized carbons (Fsp3) is 0.385. The summed E-state index contributed by atoms with van der Waals surface area (Å²) in [6.07, 6.45) is -4.26. The Morgan fingerprint density at radius 1 is 1.24 bits per heavy atom. The number of alkyl halides is 3. The second kappa shape index (κ2) is 14.6. The van der Waals surface area contributed by atoms with Crippen molar-refractivity contribution in [2.45, 2.75) is 45.6 Å². The minimum atomic E-state index is -4.66. The average Bonchev–Trinajstić information content (AvgIpc) is 3.42. The molecule has 0 unspecified atom stereocenters. The van der Waals surface area contributed by atoms with Crippen LogP contribution in [0.3, 0.4) is 0 Å². The Kier molecular flexibility index (Phi) is 11.4. The molecule has 2 N–H and O–H groups in total. The second-order valence-electron chi connectivity index (χ2n) is 9.03. The number of carboxylic acid groups (broad SMARTS) is 1. The van der Waals surface area contributed by atoms with Gasteiger partial charge in [-0.3, -0.25) is 0 Å². The number of pyridine rings is 1. The Morgan fingerprint density at radius 3 is 2.62 bits per heavy atom. The second-order valence-corrected chi connectivity index (χ2v) is 11.1. The molecule has 0 bridgehead atoms. The third kappa shape index (κ3) is 9.79. The molecule has 0 spiro atoms. The fourth-order valence-corrected chi connectivity index (χ4v) is 4.79. The van der Waals surface area contributed by atoms with Crippen LogP contribution in [0, 0.1) is 0 Å². The molecule has 0 radical (unpaired) electrons. The van der Waals surface area contributed by atoms with Gasteiger partial charge in [-0.1, -0.05) is 17.7 Å². The zero-order chi connectivity index (χ0) is 30.9. The van der Waals surface area contributed by atoms with E-state index in [1.54, 1.807) is 38.1 Å². The number of aryl methyl sites for hydroxylation is 1. The number of benzene rings is 1. The molecule has 3 aromatic rings. The normalized spacial score (nSPS) is 12.0. The number of furan rings is 1. The van der Waals surface area contributed by atoms with E-state index in [0.717, 1.165) is 0 Å². The molecule has 0 atom stereocenters. The SMILES string of the molecule is CC(C)OCCNS(=O)(=O)N(CCCc1ccc(OCc2ccco2)cc1Oc1ncc(C(F)(F)F)cc1Cl)C(=O)O. The Balaban J connectivity index is 1.77. The van der Waals surface area contributed by atoms with Crippen molar-refractivity contribution in [2.24, 2.45) is 0 Å². The monoisotopic (exact) mass is 635 g/mol. The van der Waals surface area contributed by atoms with Crippen LogP contribution in [0.4, 0.5) is 18.0 Å². The first-order chi connectivity index (χ1) is 19.8. The smallest absolute Gasteiger partial charge is 0.422 e. The summed E-state index contributed by atoms with van der Waals surface area (Å²) >= 11 is 6.02. The van der Waals surface area contributed by atoms with Gasteiger partial charge in [0, 0.05) is 25.4 Å². The molecule has 0 fully saturated rings. The van der Waals surface area contributed by atoms with Gasteiger partial charge in [-0.05, 0) is 56.5 Å². The number of halogens is 4. The van der Waals surface area contributed by atoms with E-state index in [1.165, 1.54) is 12.3 Å². The van der Waals surface area contributed by atoms with Crippen molar-refractivity contribution in [1.82, 2.24) is 14.0 Å². The molecule has 0 aliphatic heterocycles. The average molecular weight is 636 g/mol. The molecule has 11 nitrogen and oxygen atoms in total. The Hall–Kier alpha value is -3.53. The minimum Gasteiger partial charge on any atom is -0.486 e. The number of carbonyl (C=O) groups is 1. The standard InChI is InChI=1S/C26H29ClF3N3O8S/c1-17(2)38-12-9-32-42(36,37)33(25(34)35)10-3-5-18-7-8-20(40-16-21-6-4-11-39-21)14-23(18)41-24-22(27)13-19(15-31-24)26(28,29)30/h4,6-8,11,13-15,17,32H,3,5,9-10,12,16H2,1-2H3,(H,34,35). The largest absolute Gasteiger partial charge is 0.486 e. The summed E-state index contributed by atoms with van der Waals surface area (Å²) in [5.41, 5.74) is -0.603. The topological polar surface area (TPSA) is 140 Å². The van der Waals surface area contributed by atoms with Crippen molar-refractivity contribution in [1.29, 1.82) is 0 Å². The molecule has 3 rings (SSSR count). The van der Waals surface area contributed by atoms with Crippen LogP contribution in [0.25, 0.3) is 0 Å². The van der Waals surface area contributed by atoms with Gasteiger partial charge in [0.1, 0.15) is 28.9 Å². The number of hydrogen-bond donors (Lipinski definition) is 2. The molecule has 2 heterocycles. The molecule has 1 amide bonds. The minimum absolute atomic E-state index is 0.0346. The summed E-state index contributed by atoms with van der Waals surface area (Å²) in [6.45, 7) is 3.16. The van der Waals surface area contributed by atoms with Gasteiger partial charge in [0.15, 0.2) is 0 Å². The maximum atomic E-state index is 13.0. The highest BCUT2D eigenvalue weighted by atomic mass is 35.5. The maximum Gasteiger partial charge on any atom is 0.422 e. The van der Waals surface area contributed by atoms with Crippen LogP contribution >= 0.6 is 11.6 Å². The highest BCUT2D eigenvalue weighted by molar-refractivity contribution is 7.87. The lowest BCUT2D eigenvalue weighted by molar-refractivity contribution is -0.137. The number of hydrogen-bond acceptors (Lipinski definition) is 8. The summed E-state index contributed by atoms with van der Waals surface area (Å²) in [5, 5.41) is 9.11. The lowest BCUT2D eigenvalue weighted by Gasteiger charge is -2.20. The molecule has 42 heavy (non-hydrogen) atoms. The number of rotatable bonds is 15. The maximum absolute atomic E-state index is 13.0. The van der Waals surface area contributed by atoms with Crippen LogP contribution in [0.15, 0.2) is 53.3 Å². The first kappa shape index (κ1) is 33.0. The van der Waals surface area contributed by atoms with Gasteiger partial charge >= 0.3 is 22.5 Å². The molecule has 0 aliphatic rings. The van der Waals surface area contributed by atoms with Crippen molar-refractivity contribution in [3.63, 3.8) is 0 Å². The van der Waals surface area contributed by atoms with Crippen LogP contribution in [0.2, 0.25) is 5.02 Å². The third-order valence-electron chi connectivity index (χ3n) is 5.49. The number of nitrogens with zero attached hydrogens (tertiary/aromatic N) is 2. The number of aromatic nitrogens is 1. The third-order valence-corrected chi connectivity index (χ3v) is 7.25. The highest BCUT2D eigenvalue weighted by Crippen LogP contribution is 2.36. The van der Waals surface area contributed by atoms with E-state index in [9.17, 15) is 31.5 Å². The van der Waals surface area contributed by atoms with Crippen LogP contribution in [-0.2, 0) is 34.2 Å². The highest BCUT2D eigenvalue weighted by Gasteiger charge is 2.32. The summed E-state index contributed by atoms with van der Waals surface area (Å²) in [4.78, 5) is 15.4. The number of nitrogens with one attached hydrogen (secondary N) is 1. The Morgan fingerprint density at radius 2 is 2.00 bits per heavy atom. The zero-order valence-corrected chi connectivity index (χ0v) is 24.1. The Labute approximate surface area is 245 Å². The van der Waals surface area contributed by atoms with Gasteiger partial charge in [0.05, 0.1) is 24.5 Å². The molecular weight excluding hydrogens is 607 g/mol. The summed E-state index contributed by atoms with van der Waals surface area (Å²) in [6, 6.07) is 8.70. The van der Waals surface area contributed by atoms with Crippen LogP contribution in [0.1, 0.15) is 37.2 Å². The van der Waals surface area contributed by atoms with E-state index in [0.29, 0.717) is 29.3 Å². The molecule has 0 aliphatic carbocycles. The van der Waals surface area contributed by atoms with Crippen molar-refractivity contribution in [2.75, 3.05) is 19.7 Å². The van der Waals surface area contributed by atoms with E-state index in [4.69, 9.17) is 30.2 Å². The van der Waals surface area contributed by atoms with Gasteiger partial charge in [-0.2, -0.15) is 30.6 Å².